The van der Waals surface area contributed by atoms with Gasteiger partial charge in [0.2, 0.25) is 5.91 Å². The van der Waals surface area contributed by atoms with Crippen molar-refractivity contribution >= 4 is 5.91 Å². The first-order valence-electron chi connectivity index (χ1n) is 8.05. The Morgan fingerprint density at radius 3 is 2.70 bits per heavy atom. The third kappa shape index (κ3) is 4.17. The SMILES string of the molecule is CCN(CC(=O)NC1CCOCC1)C1CCCC1CN. The van der Waals surface area contributed by atoms with Gasteiger partial charge in [-0.05, 0) is 44.7 Å². The number of likely N-dealkylation sites (N-methyl/N-ethyl adjacent to an activating group) is 1. The molecule has 20 heavy (non-hydrogen) atoms. The summed E-state index contributed by atoms with van der Waals surface area (Å²) in [4.78, 5) is 14.5. The largest absolute Gasteiger partial charge is 0.381 e. The number of rotatable bonds is 6. The Bertz CT molecular complexity index is 305. The van der Waals surface area contributed by atoms with Crippen molar-refractivity contribution < 1.29 is 9.53 Å². The van der Waals surface area contributed by atoms with E-state index in [1.807, 2.05) is 0 Å². The number of nitrogens with one attached hydrogen (secondary N) is 1. The topological polar surface area (TPSA) is 67.6 Å². The van der Waals surface area contributed by atoms with Gasteiger partial charge in [-0.2, -0.15) is 0 Å². The normalized spacial score (nSPS) is 27.9. The Morgan fingerprint density at radius 2 is 2.05 bits per heavy atom. The van der Waals surface area contributed by atoms with E-state index in [0.717, 1.165) is 39.1 Å². The molecule has 2 unspecified atom stereocenters. The lowest BCUT2D eigenvalue weighted by Crippen LogP contribution is -2.48. The zero-order valence-electron chi connectivity index (χ0n) is 12.6. The molecule has 1 saturated heterocycles. The summed E-state index contributed by atoms with van der Waals surface area (Å²) in [6.07, 6.45) is 5.50. The van der Waals surface area contributed by atoms with Gasteiger partial charge in [-0.3, -0.25) is 9.69 Å². The third-order valence-electron chi connectivity index (χ3n) is 4.73. The number of nitrogens with zero attached hydrogens (tertiary/aromatic N) is 1. The van der Waals surface area contributed by atoms with Crippen molar-refractivity contribution in [3.8, 4) is 0 Å². The molecule has 2 fully saturated rings. The first-order valence-corrected chi connectivity index (χ1v) is 8.05. The summed E-state index contributed by atoms with van der Waals surface area (Å²) in [6, 6.07) is 0.786. The molecule has 1 heterocycles. The average molecular weight is 283 g/mol. The Morgan fingerprint density at radius 1 is 1.30 bits per heavy atom. The molecule has 116 valence electrons. The maximum Gasteiger partial charge on any atom is 0.234 e. The summed E-state index contributed by atoms with van der Waals surface area (Å²) in [5.74, 6) is 0.715. The standard InChI is InChI=1S/C15H29N3O2/c1-2-18(14-5-3-4-12(14)10-16)11-15(19)17-13-6-8-20-9-7-13/h12-14H,2-11,16H2,1H3,(H,17,19). The van der Waals surface area contributed by atoms with Crippen LogP contribution in [0.4, 0.5) is 0 Å². The minimum absolute atomic E-state index is 0.154. The Balaban J connectivity index is 1.81. The van der Waals surface area contributed by atoms with Gasteiger partial charge >= 0.3 is 0 Å². The molecule has 0 aromatic heterocycles. The highest BCUT2D eigenvalue weighted by atomic mass is 16.5. The van der Waals surface area contributed by atoms with Crippen LogP contribution in [0, 0.1) is 5.92 Å². The van der Waals surface area contributed by atoms with Crippen LogP contribution in [0.15, 0.2) is 0 Å². The molecular weight excluding hydrogens is 254 g/mol. The highest BCUT2D eigenvalue weighted by Gasteiger charge is 2.31. The molecular formula is C15H29N3O2. The van der Waals surface area contributed by atoms with E-state index >= 15 is 0 Å². The van der Waals surface area contributed by atoms with Crippen molar-refractivity contribution in [3.63, 3.8) is 0 Å². The van der Waals surface area contributed by atoms with Gasteiger partial charge in [0, 0.05) is 25.3 Å². The predicted octanol–water partition coefficient (Wildman–Crippen LogP) is 0.731. The van der Waals surface area contributed by atoms with E-state index in [9.17, 15) is 4.79 Å². The predicted molar refractivity (Wildman–Crippen MR) is 79.4 cm³/mol. The van der Waals surface area contributed by atoms with E-state index < -0.39 is 0 Å². The van der Waals surface area contributed by atoms with E-state index in [2.05, 4.69) is 17.1 Å². The number of ether oxygens (including phenoxy) is 1. The third-order valence-corrected chi connectivity index (χ3v) is 4.73. The van der Waals surface area contributed by atoms with Gasteiger partial charge in [-0.1, -0.05) is 13.3 Å². The van der Waals surface area contributed by atoms with E-state index in [-0.39, 0.29) is 5.91 Å². The molecule has 0 bridgehead atoms. The van der Waals surface area contributed by atoms with Gasteiger partial charge in [-0.15, -0.1) is 0 Å². The number of carbonyl (C=O) groups excluding carboxylic acids is 1. The van der Waals surface area contributed by atoms with Crippen LogP contribution in [0.25, 0.3) is 0 Å². The summed E-state index contributed by atoms with van der Waals surface area (Å²) in [5, 5.41) is 3.15. The van der Waals surface area contributed by atoms with Crippen molar-refractivity contribution in [2.45, 2.75) is 51.1 Å². The lowest BCUT2D eigenvalue weighted by molar-refractivity contribution is -0.124. The molecule has 0 aromatic rings. The molecule has 1 aliphatic carbocycles. The van der Waals surface area contributed by atoms with Gasteiger partial charge < -0.3 is 15.8 Å². The van der Waals surface area contributed by atoms with Crippen molar-refractivity contribution in [3.05, 3.63) is 0 Å². The van der Waals surface area contributed by atoms with Gasteiger partial charge in [0.05, 0.1) is 6.54 Å². The van der Waals surface area contributed by atoms with Crippen molar-refractivity contribution in [2.75, 3.05) is 32.8 Å². The first kappa shape index (κ1) is 15.7. The second kappa shape index (κ2) is 7.96. The van der Waals surface area contributed by atoms with Crippen LogP contribution < -0.4 is 11.1 Å². The van der Waals surface area contributed by atoms with Crippen LogP contribution in [0.2, 0.25) is 0 Å². The summed E-state index contributed by atoms with van der Waals surface area (Å²) in [5.41, 5.74) is 5.86. The number of nitrogens with two attached hydrogens (primary N) is 1. The van der Waals surface area contributed by atoms with Crippen LogP contribution in [0.1, 0.15) is 39.0 Å². The van der Waals surface area contributed by atoms with Crippen molar-refractivity contribution in [1.29, 1.82) is 0 Å². The summed E-state index contributed by atoms with van der Waals surface area (Å²) in [7, 11) is 0. The lowest BCUT2D eigenvalue weighted by Gasteiger charge is -2.32. The molecule has 0 aromatic carbocycles. The Labute approximate surface area is 122 Å². The number of amides is 1. The number of hydrogen-bond donors (Lipinski definition) is 2. The van der Waals surface area contributed by atoms with Crippen molar-refractivity contribution in [1.82, 2.24) is 10.2 Å². The monoisotopic (exact) mass is 283 g/mol. The molecule has 2 rings (SSSR count). The number of carbonyl (C=O) groups is 1. The zero-order chi connectivity index (χ0) is 14.4. The molecule has 1 aliphatic heterocycles. The van der Waals surface area contributed by atoms with Crippen LogP contribution in [0.3, 0.4) is 0 Å². The molecule has 1 saturated carbocycles. The van der Waals surface area contributed by atoms with E-state index in [1.165, 1.54) is 19.3 Å². The minimum atomic E-state index is 0.154. The maximum absolute atomic E-state index is 12.2. The highest BCUT2D eigenvalue weighted by Crippen LogP contribution is 2.28. The fourth-order valence-corrected chi connectivity index (χ4v) is 3.54. The van der Waals surface area contributed by atoms with Crippen molar-refractivity contribution in [2.24, 2.45) is 11.7 Å². The van der Waals surface area contributed by atoms with Crippen LogP contribution in [0.5, 0.6) is 0 Å². The van der Waals surface area contributed by atoms with Gasteiger partial charge in [0.15, 0.2) is 0 Å². The lowest BCUT2D eigenvalue weighted by atomic mass is 10.0. The molecule has 5 nitrogen and oxygen atoms in total. The van der Waals surface area contributed by atoms with Gasteiger partial charge in [-0.25, -0.2) is 0 Å². The van der Waals surface area contributed by atoms with Crippen LogP contribution in [-0.4, -0.2) is 55.7 Å². The fourth-order valence-electron chi connectivity index (χ4n) is 3.54. The molecule has 1 amide bonds. The zero-order valence-corrected chi connectivity index (χ0v) is 12.6. The van der Waals surface area contributed by atoms with E-state index in [1.54, 1.807) is 0 Å². The van der Waals surface area contributed by atoms with E-state index in [0.29, 0.717) is 24.5 Å². The van der Waals surface area contributed by atoms with Crippen LogP contribution in [-0.2, 0) is 9.53 Å². The fraction of sp³-hybridized carbons (Fsp3) is 0.933. The first-order chi connectivity index (χ1) is 9.74. The highest BCUT2D eigenvalue weighted by molar-refractivity contribution is 5.78. The average Bonchev–Trinajstić information content (AvgIpc) is 2.94. The summed E-state index contributed by atoms with van der Waals surface area (Å²) < 4.78 is 5.32. The summed E-state index contributed by atoms with van der Waals surface area (Å²) in [6.45, 7) is 5.83. The Hall–Kier alpha value is -0.650. The smallest absolute Gasteiger partial charge is 0.234 e. The van der Waals surface area contributed by atoms with Gasteiger partial charge in [0.25, 0.3) is 0 Å². The second-order valence-electron chi connectivity index (χ2n) is 6.01. The molecule has 0 spiro atoms. The quantitative estimate of drug-likeness (QED) is 0.754. The second-order valence-corrected chi connectivity index (χ2v) is 6.01. The van der Waals surface area contributed by atoms with Gasteiger partial charge in [0.1, 0.15) is 0 Å². The summed E-state index contributed by atoms with van der Waals surface area (Å²) >= 11 is 0. The molecule has 2 atom stereocenters. The Kier molecular flexibility index (Phi) is 6.26. The van der Waals surface area contributed by atoms with Crippen LogP contribution >= 0.6 is 0 Å². The molecule has 3 N–H and O–H groups in total. The molecule has 5 heteroatoms. The molecule has 2 aliphatic rings. The minimum Gasteiger partial charge on any atom is -0.381 e. The number of hydrogen-bond acceptors (Lipinski definition) is 4. The van der Waals surface area contributed by atoms with E-state index in [4.69, 9.17) is 10.5 Å². The maximum atomic E-state index is 12.2. The molecule has 0 radical (unpaired) electrons.